The van der Waals surface area contributed by atoms with E-state index in [9.17, 15) is 14.4 Å². The summed E-state index contributed by atoms with van der Waals surface area (Å²) in [6.45, 7) is -0.0816. The Morgan fingerprint density at radius 1 is 0.931 bits per heavy atom. The number of hydrogen-bond donors (Lipinski definition) is 0. The van der Waals surface area contributed by atoms with E-state index in [-0.39, 0.29) is 47.9 Å². The Morgan fingerprint density at radius 3 is 2.10 bits per heavy atom. The zero-order valence-electron chi connectivity index (χ0n) is 15.5. The summed E-state index contributed by atoms with van der Waals surface area (Å²) >= 11 is 3.34. The first-order valence-corrected chi connectivity index (χ1v) is 10.4. The minimum absolute atomic E-state index is 0.0816. The number of imide groups is 1. The molecule has 0 spiro atoms. The van der Waals surface area contributed by atoms with Crippen LogP contribution < -0.4 is 9.64 Å². The van der Waals surface area contributed by atoms with Crippen LogP contribution in [0.5, 0.6) is 5.75 Å². The van der Waals surface area contributed by atoms with Gasteiger partial charge in [-0.1, -0.05) is 40.2 Å². The van der Waals surface area contributed by atoms with Crippen LogP contribution in [-0.2, 0) is 9.59 Å². The first-order valence-electron chi connectivity index (χ1n) is 9.61. The van der Waals surface area contributed by atoms with Crippen LogP contribution in [-0.4, -0.2) is 24.2 Å². The van der Waals surface area contributed by atoms with Crippen LogP contribution in [0.15, 0.2) is 65.2 Å². The number of amides is 2. The van der Waals surface area contributed by atoms with Crippen molar-refractivity contribution in [3.05, 3.63) is 70.7 Å². The minimum atomic E-state index is -0.211. The Hall–Kier alpha value is -2.73. The smallest absolute Gasteiger partial charge is 0.238 e. The maximum absolute atomic E-state index is 12.9. The van der Waals surface area contributed by atoms with E-state index in [1.807, 2.05) is 12.1 Å². The molecule has 1 heterocycles. The summed E-state index contributed by atoms with van der Waals surface area (Å²) in [7, 11) is 0. The molecule has 2 aliphatic carbocycles. The van der Waals surface area contributed by atoms with Crippen molar-refractivity contribution >= 4 is 39.2 Å². The summed E-state index contributed by atoms with van der Waals surface area (Å²) in [6, 6.07) is 13.9. The van der Waals surface area contributed by atoms with Crippen molar-refractivity contribution in [1.29, 1.82) is 0 Å². The van der Waals surface area contributed by atoms with Gasteiger partial charge in [-0.2, -0.15) is 0 Å². The maximum Gasteiger partial charge on any atom is 0.238 e. The van der Waals surface area contributed by atoms with E-state index < -0.39 is 0 Å². The van der Waals surface area contributed by atoms with Crippen LogP contribution in [0, 0.1) is 23.7 Å². The predicted octanol–water partition coefficient (Wildman–Crippen LogP) is 4.02. The van der Waals surface area contributed by atoms with Gasteiger partial charge in [-0.05, 0) is 54.7 Å². The summed E-state index contributed by atoms with van der Waals surface area (Å²) in [5.41, 5.74) is 1.13. The number of benzene rings is 2. The Bertz CT molecular complexity index is 998. The summed E-state index contributed by atoms with van der Waals surface area (Å²) in [4.78, 5) is 39.3. The number of nitrogens with zero attached hydrogens (tertiary/aromatic N) is 1. The Morgan fingerprint density at radius 2 is 1.52 bits per heavy atom. The first kappa shape index (κ1) is 18.3. The van der Waals surface area contributed by atoms with E-state index in [0.717, 1.165) is 10.9 Å². The third kappa shape index (κ3) is 3.02. The number of carbonyl (C=O) groups excluding carboxylic acids is 3. The molecule has 2 bridgehead atoms. The zero-order valence-corrected chi connectivity index (χ0v) is 17.0. The molecule has 1 saturated heterocycles. The first-order chi connectivity index (χ1) is 14.0. The van der Waals surface area contributed by atoms with Crippen LogP contribution in [0.2, 0.25) is 0 Å². The molecule has 146 valence electrons. The molecule has 0 radical (unpaired) electrons. The second-order valence-corrected chi connectivity index (χ2v) is 8.64. The van der Waals surface area contributed by atoms with Gasteiger partial charge in [0.05, 0.1) is 17.5 Å². The molecule has 6 heteroatoms. The van der Waals surface area contributed by atoms with Crippen molar-refractivity contribution in [1.82, 2.24) is 0 Å². The van der Waals surface area contributed by atoms with Crippen molar-refractivity contribution in [2.75, 3.05) is 11.5 Å². The molecule has 0 N–H and O–H groups in total. The fraction of sp³-hybridized carbons (Fsp3) is 0.261. The molecule has 4 atom stereocenters. The Labute approximate surface area is 176 Å². The largest absolute Gasteiger partial charge is 0.485 e. The average molecular weight is 452 g/mol. The molecule has 5 nitrogen and oxygen atoms in total. The van der Waals surface area contributed by atoms with E-state index in [1.54, 1.807) is 36.4 Å². The monoisotopic (exact) mass is 451 g/mol. The number of ether oxygens (including phenoxy) is 1. The van der Waals surface area contributed by atoms with Gasteiger partial charge in [0.25, 0.3) is 0 Å². The van der Waals surface area contributed by atoms with Gasteiger partial charge in [0, 0.05) is 10.0 Å². The number of rotatable bonds is 5. The quantitative estimate of drug-likeness (QED) is 0.391. The van der Waals surface area contributed by atoms with Crippen molar-refractivity contribution in [3.63, 3.8) is 0 Å². The van der Waals surface area contributed by atoms with Gasteiger partial charge in [0.1, 0.15) is 5.75 Å². The number of fused-ring (bicyclic) bond motifs is 5. The molecule has 29 heavy (non-hydrogen) atoms. The molecule has 4 unspecified atom stereocenters. The third-order valence-corrected chi connectivity index (χ3v) is 6.63. The molecule has 2 amide bonds. The normalized spacial score (nSPS) is 26.9. The van der Waals surface area contributed by atoms with Crippen molar-refractivity contribution in [2.45, 2.75) is 6.42 Å². The number of carbonyl (C=O) groups is 3. The number of anilines is 1. The Kier molecular flexibility index (Phi) is 4.39. The molecular weight excluding hydrogens is 434 g/mol. The summed E-state index contributed by atoms with van der Waals surface area (Å²) < 4.78 is 6.49. The lowest BCUT2D eigenvalue weighted by atomic mass is 9.85. The van der Waals surface area contributed by atoms with E-state index in [4.69, 9.17) is 4.74 Å². The highest BCUT2D eigenvalue weighted by Gasteiger charge is 2.59. The summed E-state index contributed by atoms with van der Waals surface area (Å²) in [6.07, 6.45) is 5.08. The molecule has 2 fully saturated rings. The minimum Gasteiger partial charge on any atom is -0.485 e. The number of Topliss-reactive ketones (excluding diaryl/α,β-unsaturated/α-hetero) is 1. The highest BCUT2D eigenvalue weighted by Crippen LogP contribution is 2.53. The van der Waals surface area contributed by atoms with Crippen LogP contribution in [0.25, 0.3) is 0 Å². The molecule has 5 rings (SSSR count). The number of halogens is 1. The van der Waals surface area contributed by atoms with Gasteiger partial charge in [-0.25, -0.2) is 0 Å². The maximum atomic E-state index is 12.9. The molecule has 1 aliphatic heterocycles. The van der Waals surface area contributed by atoms with Crippen LogP contribution >= 0.6 is 15.9 Å². The number of ketones is 1. The Balaban J connectivity index is 1.26. The second-order valence-electron chi connectivity index (χ2n) is 7.72. The van der Waals surface area contributed by atoms with Crippen molar-refractivity contribution < 1.29 is 19.1 Å². The SMILES string of the molecule is O=C(COc1ccc(N2C(=O)C3C4C=CC(C4)C3C2=O)cc1)c1ccc(Br)cc1. The number of hydrogen-bond acceptors (Lipinski definition) is 4. The van der Waals surface area contributed by atoms with Gasteiger partial charge in [0.15, 0.2) is 12.4 Å². The van der Waals surface area contributed by atoms with Gasteiger partial charge in [-0.15, -0.1) is 0 Å². The fourth-order valence-electron chi connectivity index (χ4n) is 4.72. The van der Waals surface area contributed by atoms with E-state index in [0.29, 0.717) is 17.0 Å². The standard InChI is InChI=1S/C23H18BrNO4/c24-16-5-3-13(4-6-16)19(26)12-29-18-9-7-17(8-10-18)25-22(27)20-14-1-2-15(11-14)21(20)23(25)28/h1-10,14-15,20-21H,11-12H2. The van der Waals surface area contributed by atoms with Crippen LogP contribution in [0.1, 0.15) is 16.8 Å². The number of allylic oxidation sites excluding steroid dienone is 2. The highest BCUT2D eigenvalue weighted by atomic mass is 79.9. The molecule has 2 aromatic rings. The lowest BCUT2D eigenvalue weighted by Gasteiger charge is -2.17. The van der Waals surface area contributed by atoms with Gasteiger partial charge in [0.2, 0.25) is 11.8 Å². The van der Waals surface area contributed by atoms with Crippen LogP contribution in [0.3, 0.4) is 0 Å². The topological polar surface area (TPSA) is 63.7 Å². The van der Waals surface area contributed by atoms with Crippen LogP contribution in [0.4, 0.5) is 5.69 Å². The van der Waals surface area contributed by atoms with Gasteiger partial charge in [-0.3, -0.25) is 19.3 Å². The lowest BCUT2D eigenvalue weighted by Crippen LogP contribution is -2.32. The molecule has 1 saturated carbocycles. The molecule has 2 aromatic carbocycles. The fourth-order valence-corrected chi connectivity index (χ4v) is 4.98. The van der Waals surface area contributed by atoms with E-state index >= 15 is 0 Å². The van der Waals surface area contributed by atoms with E-state index in [2.05, 4.69) is 28.1 Å². The van der Waals surface area contributed by atoms with E-state index in [1.165, 1.54) is 4.90 Å². The lowest BCUT2D eigenvalue weighted by molar-refractivity contribution is -0.123. The second kappa shape index (κ2) is 6.95. The van der Waals surface area contributed by atoms with Gasteiger partial charge < -0.3 is 4.74 Å². The third-order valence-electron chi connectivity index (χ3n) is 6.10. The average Bonchev–Trinajstić information content (AvgIpc) is 3.41. The molecule has 0 aromatic heterocycles. The zero-order chi connectivity index (χ0) is 20.1. The highest BCUT2D eigenvalue weighted by molar-refractivity contribution is 9.10. The van der Waals surface area contributed by atoms with Gasteiger partial charge >= 0.3 is 0 Å². The summed E-state index contributed by atoms with van der Waals surface area (Å²) in [5, 5.41) is 0. The summed E-state index contributed by atoms with van der Waals surface area (Å²) in [5.74, 6) is 0.153. The van der Waals surface area contributed by atoms with Crippen molar-refractivity contribution in [2.24, 2.45) is 23.7 Å². The molecular formula is C23H18BrNO4. The van der Waals surface area contributed by atoms with Crippen molar-refractivity contribution in [3.8, 4) is 5.75 Å². The predicted molar refractivity (Wildman–Crippen MR) is 111 cm³/mol. The molecule has 3 aliphatic rings.